The summed E-state index contributed by atoms with van der Waals surface area (Å²) in [4.78, 5) is 0. The van der Waals surface area contributed by atoms with Crippen LogP contribution in [0.15, 0.2) is 6.07 Å². The van der Waals surface area contributed by atoms with Gasteiger partial charge in [-0.1, -0.05) is 31.9 Å². The molecule has 4 nitrogen and oxygen atoms in total. The Balaban J connectivity index is -0.0000000956. The van der Waals surface area contributed by atoms with E-state index in [2.05, 4.69) is 37.6 Å². The molecule has 0 amide bonds. The monoisotopic (exact) mass is 322 g/mol. The van der Waals surface area contributed by atoms with E-state index in [1.54, 1.807) is 6.07 Å². The summed E-state index contributed by atoms with van der Waals surface area (Å²) in [7, 11) is 0. The van der Waals surface area contributed by atoms with E-state index in [4.69, 9.17) is 9.30 Å². The quantitative estimate of drug-likeness (QED) is 0.360. The predicted octanol–water partition coefficient (Wildman–Crippen LogP) is 1.83. The summed E-state index contributed by atoms with van der Waals surface area (Å²) in [5.74, 6) is 0.281. The van der Waals surface area contributed by atoms with Crippen molar-refractivity contribution >= 4 is 11.1 Å². The fraction of sp³-hybridized carbons (Fsp3) is 0.462. The second kappa shape index (κ2) is 19.8. The molecule has 1 aromatic rings. The summed E-state index contributed by atoms with van der Waals surface area (Å²) < 4.78 is 35.1. The fourth-order valence-corrected chi connectivity index (χ4v) is 1.35. The van der Waals surface area contributed by atoms with Crippen molar-refractivity contribution in [3.8, 4) is 0 Å². The zero-order valence-electron chi connectivity index (χ0n) is 10.9. The molecule has 6 heteroatoms. The molecule has 1 unspecified atom stereocenters. The minimum atomic E-state index is -1.86. The van der Waals surface area contributed by atoms with Gasteiger partial charge >= 0.3 is 39.7 Å². The normalized spacial score (nSPS) is 9.68. The zero-order chi connectivity index (χ0) is 15.0. The Morgan fingerprint density at radius 1 is 1.16 bits per heavy atom. The minimum absolute atomic E-state index is 0. The zero-order valence-corrected chi connectivity index (χ0v) is 12.8. The summed E-state index contributed by atoms with van der Waals surface area (Å²) in [6, 6.07) is 12.0. The molecule has 0 fully saturated rings. The second-order valence-electron chi connectivity index (χ2n) is 4.00. The second-order valence-corrected chi connectivity index (χ2v) is 5.02. The molecule has 0 bridgehead atoms. The van der Waals surface area contributed by atoms with Gasteiger partial charge in [-0.05, 0) is 11.8 Å². The molecule has 0 radical (unpaired) electrons. The van der Waals surface area contributed by atoms with Gasteiger partial charge in [-0.15, -0.1) is 0 Å². The van der Waals surface area contributed by atoms with Gasteiger partial charge in [0.25, 0.3) is 0 Å². The van der Waals surface area contributed by atoms with Crippen molar-refractivity contribution in [1.29, 1.82) is 0 Å². The summed E-state index contributed by atoms with van der Waals surface area (Å²) >= 11 is -1.86. The van der Waals surface area contributed by atoms with Crippen LogP contribution in [0.1, 0.15) is 27.2 Å². The third kappa shape index (κ3) is 38.1. The molecule has 1 aromatic carbocycles. The molecule has 0 aliphatic carbocycles. The van der Waals surface area contributed by atoms with Gasteiger partial charge in [0.2, 0.25) is 0 Å². The predicted molar refractivity (Wildman–Crippen MR) is 63.1 cm³/mol. The van der Waals surface area contributed by atoms with Gasteiger partial charge < -0.3 is 34.9 Å². The Morgan fingerprint density at radius 3 is 1.63 bits per heavy atom. The summed E-state index contributed by atoms with van der Waals surface area (Å²) in [5.41, 5.74) is 0.139. The first kappa shape index (κ1) is 26.9. The van der Waals surface area contributed by atoms with Crippen molar-refractivity contribution in [2.24, 2.45) is 5.41 Å². The van der Waals surface area contributed by atoms with E-state index in [-0.39, 0.29) is 28.2 Å². The molecule has 19 heavy (non-hydrogen) atoms. The van der Waals surface area contributed by atoms with Gasteiger partial charge in [-0.2, -0.15) is 0 Å². The molecule has 0 aromatic heterocycles. The van der Waals surface area contributed by atoms with Crippen molar-refractivity contribution in [2.75, 3.05) is 5.75 Å². The summed E-state index contributed by atoms with van der Waals surface area (Å²) in [5, 5.41) is 0. The van der Waals surface area contributed by atoms with Gasteiger partial charge in [0.1, 0.15) is 0 Å². The van der Waals surface area contributed by atoms with E-state index in [0.717, 1.165) is 6.42 Å². The van der Waals surface area contributed by atoms with Crippen molar-refractivity contribution in [3.05, 3.63) is 43.6 Å². The van der Waals surface area contributed by atoms with E-state index in [9.17, 15) is 8.76 Å². The first-order valence-corrected chi connectivity index (χ1v) is 5.96. The molecule has 0 saturated heterocycles. The maximum Gasteiger partial charge on any atom is 6.00 e. The molecule has 0 N–H and O–H groups in total. The Hall–Kier alpha value is -0.541. The van der Waals surface area contributed by atoms with E-state index in [0.29, 0.717) is 0 Å². The molecule has 0 heterocycles. The number of hydrogen-bond acceptors (Lipinski definition) is 2. The van der Waals surface area contributed by atoms with Crippen LogP contribution in [0.25, 0.3) is 0 Å². The first-order valence-electron chi connectivity index (χ1n) is 4.71. The van der Waals surface area contributed by atoms with Crippen LogP contribution >= 0.6 is 0 Å². The van der Waals surface area contributed by atoms with Gasteiger partial charge in [0.05, 0.1) is 0 Å². The van der Waals surface area contributed by atoms with Crippen LogP contribution in [-0.2, 0) is 37.5 Å². The number of hydrogen-bond donors (Lipinski definition) is 0. The summed E-state index contributed by atoms with van der Waals surface area (Å²) in [6.45, 7) is 15.1. The SMILES string of the molecule is CC(C)(C)CCS(=O)[O-].[C-]#[O+].[C-]#[O+].[Fe+6].[c-]1[c-][c-][cH-][c-]1. The molecular formula is C13H14FeO4S. The molecule has 1 atom stereocenters. The average molecular weight is 322 g/mol. The molecule has 1 rings (SSSR count). The fourth-order valence-electron chi connectivity index (χ4n) is 0.570. The maximum atomic E-state index is 10.0. The van der Waals surface area contributed by atoms with Crippen LogP contribution in [0.5, 0.6) is 0 Å². The van der Waals surface area contributed by atoms with Crippen LogP contribution in [0, 0.1) is 43.0 Å². The topological polar surface area (TPSA) is 79.9 Å². The molecule has 0 saturated carbocycles. The van der Waals surface area contributed by atoms with E-state index < -0.39 is 11.1 Å². The molecule has 0 aliphatic heterocycles. The maximum absolute atomic E-state index is 10.0. The minimum Gasteiger partial charge on any atom is -0.999 e. The summed E-state index contributed by atoms with van der Waals surface area (Å²) in [6.07, 6.45) is 0.739. The van der Waals surface area contributed by atoms with Crippen LogP contribution in [-0.4, -0.2) is 14.5 Å². The third-order valence-corrected chi connectivity index (χ3v) is 1.91. The van der Waals surface area contributed by atoms with Gasteiger partial charge in [-0.25, -0.2) is 0 Å². The van der Waals surface area contributed by atoms with Crippen LogP contribution in [0.3, 0.4) is 0 Å². The Labute approximate surface area is 128 Å². The largest absolute Gasteiger partial charge is 6.00 e. The molecule has 104 valence electrons. The van der Waals surface area contributed by atoms with Crippen LogP contribution in [0.4, 0.5) is 0 Å². The van der Waals surface area contributed by atoms with Crippen LogP contribution in [0.2, 0.25) is 0 Å². The van der Waals surface area contributed by atoms with Gasteiger partial charge in [0.15, 0.2) is 0 Å². The number of rotatable bonds is 2. The molecular weight excluding hydrogens is 308 g/mol. The van der Waals surface area contributed by atoms with E-state index in [1.165, 1.54) is 0 Å². The van der Waals surface area contributed by atoms with Crippen molar-refractivity contribution in [3.63, 3.8) is 0 Å². The van der Waals surface area contributed by atoms with Crippen molar-refractivity contribution < 1.29 is 35.1 Å². The Bertz CT molecular complexity index is 289. The van der Waals surface area contributed by atoms with Crippen molar-refractivity contribution in [1.82, 2.24) is 0 Å². The smallest absolute Gasteiger partial charge is 0.999 e. The standard InChI is InChI=1S/C6H14O2S.C5H.2CO.Fe/c1-6(2,3)4-5-9(7)8;1-2-4-5-3-1;2*1-2;/h4-5H2,1-3H3,(H,7,8);1H;;;/q;-5;;;+6/p-1. The van der Waals surface area contributed by atoms with Crippen molar-refractivity contribution in [2.45, 2.75) is 27.2 Å². The Morgan fingerprint density at radius 2 is 1.53 bits per heavy atom. The van der Waals surface area contributed by atoms with E-state index in [1.807, 2.05) is 20.8 Å². The third-order valence-electron chi connectivity index (χ3n) is 1.37. The molecule has 0 spiro atoms. The van der Waals surface area contributed by atoms with Gasteiger partial charge in [0, 0.05) is 5.75 Å². The Kier molecular flexibility index (Phi) is 28.0. The first-order chi connectivity index (χ1) is 8.42. The van der Waals surface area contributed by atoms with Gasteiger partial charge in [-0.3, -0.25) is 4.21 Å². The van der Waals surface area contributed by atoms with Crippen LogP contribution < -0.4 is 0 Å². The van der Waals surface area contributed by atoms with E-state index >= 15 is 0 Å². The molecule has 0 aliphatic rings. The average Bonchev–Trinajstić information content (AvgIpc) is 2.90.